The quantitative estimate of drug-likeness (QED) is 0.837. The van der Waals surface area contributed by atoms with Crippen molar-refractivity contribution in [2.24, 2.45) is 0 Å². The molecule has 0 radical (unpaired) electrons. The van der Waals surface area contributed by atoms with Crippen LogP contribution in [0.3, 0.4) is 0 Å². The van der Waals surface area contributed by atoms with E-state index in [1.54, 1.807) is 26.8 Å². The molecule has 1 aromatic rings. The summed E-state index contributed by atoms with van der Waals surface area (Å²) in [5, 5.41) is 2.73. The molecular weight excluding hydrogens is 288 g/mol. The Balaban J connectivity index is 2.82. The zero-order chi connectivity index (χ0) is 14.8. The number of hydrogen-bond donors (Lipinski definition) is 2. The normalized spacial score (nSPS) is 12.2. The van der Waals surface area contributed by atoms with E-state index in [4.69, 9.17) is 17.3 Å². The number of sulfone groups is 1. The van der Waals surface area contributed by atoms with Gasteiger partial charge in [0.05, 0.1) is 15.5 Å². The molecule has 0 spiro atoms. The van der Waals surface area contributed by atoms with Crippen molar-refractivity contribution in [3.8, 4) is 0 Å². The smallest absolute Gasteiger partial charge is 0.239 e. The first-order valence-electron chi connectivity index (χ1n) is 5.60. The van der Waals surface area contributed by atoms with Crippen molar-refractivity contribution >= 4 is 38.7 Å². The first-order valence-corrected chi connectivity index (χ1v) is 7.63. The number of benzene rings is 1. The number of halogens is 1. The predicted octanol–water partition coefficient (Wildman–Crippen LogP) is 2.07. The zero-order valence-corrected chi connectivity index (χ0v) is 12.6. The highest BCUT2D eigenvalue weighted by atomic mass is 35.5. The fourth-order valence-electron chi connectivity index (χ4n) is 1.21. The summed E-state index contributed by atoms with van der Waals surface area (Å²) in [6.07, 6.45) is 0. The third-order valence-electron chi connectivity index (χ3n) is 2.52. The minimum Gasteiger partial charge on any atom is -0.399 e. The minimum absolute atomic E-state index is 0.265. The number of rotatable bonds is 3. The van der Waals surface area contributed by atoms with Crippen LogP contribution in [0.15, 0.2) is 18.2 Å². The Morgan fingerprint density at radius 3 is 2.42 bits per heavy atom. The van der Waals surface area contributed by atoms with Gasteiger partial charge in [0.15, 0.2) is 9.84 Å². The second-order valence-electron chi connectivity index (χ2n) is 5.16. The molecule has 1 amide bonds. The molecule has 0 aliphatic rings. The molecular formula is C12H17ClN2O3S. The van der Waals surface area contributed by atoms with Crippen LogP contribution in [0, 0.1) is 0 Å². The van der Waals surface area contributed by atoms with E-state index in [-0.39, 0.29) is 5.02 Å². The van der Waals surface area contributed by atoms with Gasteiger partial charge in [-0.25, -0.2) is 8.42 Å². The lowest BCUT2D eigenvalue weighted by Gasteiger charge is -2.18. The fourth-order valence-corrected chi connectivity index (χ4v) is 2.29. The molecule has 0 fully saturated rings. The number of nitrogen functional groups attached to an aromatic ring is 1. The molecule has 5 nitrogen and oxygen atoms in total. The number of hydrogen-bond acceptors (Lipinski definition) is 4. The van der Waals surface area contributed by atoms with Crippen molar-refractivity contribution in [2.75, 3.05) is 16.8 Å². The highest BCUT2D eigenvalue weighted by Crippen LogP contribution is 2.24. The largest absolute Gasteiger partial charge is 0.399 e. The number of carbonyl (C=O) groups excluding carboxylic acids is 1. The van der Waals surface area contributed by atoms with Crippen LogP contribution in [-0.4, -0.2) is 24.8 Å². The van der Waals surface area contributed by atoms with Crippen LogP contribution < -0.4 is 11.1 Å². The molecule has 0 heterocycles. The number of amides is 1. The summed E-state index contributed by atoms with van der Waals surface area (Å²) in [5.74, 6) is -1.21. The third kappa shape index (κ3) is 4.11. The molecule has 106 valence electrons. The van der Waals surface area contributed by atoms with E-state index in [1.807, 2.05) is 0 Å². The van der Waals surface area contributed by atoms with Gasteiger partial charge in [0.2, 0.25) is 5.91 Å². The summed E-state index contributed by atoms with van der Waals surface area (Å²) in [6.45, 7) is 4.64. The number of carbonyl (C=O) groups is 1. The van der Waals surface area contributed by atoms with Crippen molar-refractivity contribution in [3.63, 3.8) is 0 Å². The lowest BCUT2D eigenvalue weighted by atomic mass is 10.3. The highest BCUT2D eigenvalue weighted by molar-refractivity contribution is 7.93. The van der Waals surface area contributed by atoms with Crippen molar-refractivity contribution in [1.29, 1.82) is 0 Å². The van der Waals surface area contributed by atoms with E-state index >= 15 is 0 Å². The topological polar surface area (TPSA) is 89.3 Å². The van der Waals surface area contributed by atoms with Gasteiger partial charge in [0, 0.05) is 5.69 Å². The van der Waals surface area contributed by atoms with Gasteiger partial charge in [-0.3, -0.25) is 4.79 Å². The lowest BCUT2D eigenvalue weighted by molar-refractivity contribution is -0.113. The van der Waals surface area contributed by atoms with Gasteiger partial charge in [-0.2, -0.15) is 0 Å². The van der Waals surface area contributed by atoms with Gasteiger partial charge in [0.1, 0.15) is 5.75 Å². The van der Waals surface area contributed by atoms with Crippen LogP contribution in [0.2, 0.25) is 5.02 Å². The predicted molar refractivity (Wildman–Crippen MR) is 78.0 cm³/mol. The molecule has 0 unspecified atom stereocenters. The van der Waals surface area contributed by atoms with Crippen LogP contribution in [-0.2, 0) is 14.6 Å². The lowest BCUT2D eigenvalue weighted by Crippen LogP contribution is -2.35. The molecule has 0 atom stereocenters. The molecule has 7 heteroatoms. The van der Waals surface area contributed by atoms with E-state index in [9.17, 15) is 13.2 Å². The van der Waals surface area contributed by atoms with Crippen LogP contribution >= 0.6 is 11.6 Å². The summed E-state index contributed by atoms with van der Waals surface area (Å²) in [7, 11) is -3.52. The standard InChI is InChI=1S/C12H17ClN2O3S/c1-12(2,3)19(17,18)7-11(16)15-10-5-4-8(14)6-9(10)13/h4-6H,7,14H2,1-3H3,(H,15,16). The van der Waals surface area contributed by atoms with Crippen LogP contribution in [0.25, 0.3) is 0 Å². The molecule has 1 rings (SSSR count). The van der Waals surface area contributed by atoms with E-state index < -0.39 is 26.2 Å². The van der Waals surface area contributed by atoms with Gasteiger partial charge < -0.3 is 11.1 Å². The maximum Gasteiger partial charge on any atom is 0.239 e. The molecule has 0 aromatic heterocycles. The van der Waals surface area contributed by atoms with Crippen molar-refractivity contribution in [3.05, 3.63) is 23.2 Å². The Morgan fingerprint density at radius 1 is 1.37 bits per heavy atom. The van der Waals surface area contributed by atoms with E-state index in [0.29, 0.717) is 11.4 Å². The molecule has 0 saturated heterocycles. The van der Waals surface area contributed by atoms with Gasteiger partial charge in [-0.1, -0.05) is 11.6 Å². The first kappa shape index (κ1) is 15.8. The summed E-state index contributed by atoms with van der Waals surface area (Å²) in [5.41, 5.74) is 6.33. The van der Waals surface area contributed by atoms with Crippen molar-refractivity contribution < 1.29 is 13.2 Å². The molecule has 0 aliphatic carbocycles. The Morgan fingerprint density at radius 2 is 1.95 bits per heavy atom. The molecule has 0 bridgehead atoms. The summed E-state index contributed by atoms with van der Waals surface area (Å²) in [6, 6.07) is 4.58. The Hall–Kier alpha value is -1.27. The molecule has 19 heavy (non-hydrogen) atoms. The minimum atomic E-state index is -3.52. The maximum absolute atomic E-state index is 11.9. The molecule has 0 aliphatic heterocycles. The van der Waals surface area contributed by atoms with E-state index in [1.165, 1.54) is 12.1 Å². The Labute approximate surface area is 118 Å². The second kappa shape index (κ2) is 5.38. The summed E-state index contributed by atoms with van der Waals surface area (Å²) in [4.78, 5) is 11.7. The van der Waals surface area contributed by atoms with E-state index in [0.717, 1.165) is 0 Å². The zero-order valence-electron chi connectivity index (χ0n) is 11.0. The van der Waals surface area contributed by atoms with Gasteiger partial charge in [-0.05, 0) is 39.0 Å². The number of nitrogens with two attached hydrogens (primary N) is 1. The Bertz CT molecular complexity index is 591. The summed E-state index contributed by atoms with van der Waals surface area (Å²) >= 11 is 5.89. The molecule has 3 N–H and O–H groups in total. The highest BCUT2D eigenvalue weighted by Gasteiger charge is 2.31. The maximum atomic E-state index is 11.9. The SMILES string of the molecule is CC(C)(C)S(=O)(=O)CC(=O)Nc1ccc(N)cc1Cl. The van der Waals surface area contributed by atoms with E-state index in [2.05, 4.69) is 5.32 Å². The average Bonchev–Trinajstić information content (AvgIpc) is 2.19. The monoisotopic (exact) mass is 304 g/mol. The molecule has 1 aromatic carbocycles. The van der Waals surface area contributed by atoms with Crippen LogP contribution in [0.5, 0.6) is 0 Å². The van der Waals surface area contributed by atoms with Crippen LogP contribution in [0.1, 0.15) is 20.8 Å². The van der Waals surface area contributed by atoms with Gasteiger partial charge in [-0.15, -0.1) is 0 Å². The van der Waals surface area contributed by atoms with Crippen LogP contribution in [0.4, 0.5) is 11.4 Å². The number of nitrogens with one attached hydrogen (secondary N) is 1. The number of anilines is 2. The van der Waals surface area contributed by atoms with Crippen molar-refractivity contribution in [2.45, 2.75) is 25.5 Å². The second-order valence-corrected chi connectivity index (χ2v) is 8.31. The first-order chi connectivity index (χ1) is 8.53. The third-order valence-corrected chi connectivity index (χ3v) is 5.34. The fraction of sp³-hybridized carbons (Fsp3) is 0.417. The molecule has 0 saturated carbocycles. The van der Waals surface area contributed by atoms with Crippen molar-refractivity contribution in [1.82, 2.24) is 0 Å². The summed E-state index contributed by atoms with van der Waals surface area (Å²) < 4.78 is 22.8. The Kier molecular flexibility index (Phi) is 4.47. The van der Waals surface area contributed by atoms with Gasteiger partial charge in [0.25, 0.3) is 0 Å². The van der Waals surface area contributed by atoms with Gasteiger partial charge >= 0.3 is 0 Å². The average molecular weight is 305 g/mol.